The summed E-state index contributed by atoms with van der Waals surface area (Å²) in [5, 5.41) is 3.42. The maximum atomic E-state index is 5.39. The van der Waals surface area contributed by atoms with Crippen molar-refractivity contribution in [2.45, 2.75) is 39.2 Å². The Hall–Kier alpha value is -1.40. The third-order valence-corrected chi connectivity index (χ3v) is 3.36. The molecule has 1 aromatic rings. The number of hydrogen-bond acceptors (Lipinski definition) is 6. The number of aryl methyl sites for hydroxylation is 1. The van der Waals surface area contributed by atoms with E-state index in [1.165, 1.54) is 32.4 Å². The molecule has 2 heterocycles. The van der Waals surface area contributed by atoms with Crippen molar-refractivity contribution in [1.29, 1.82) is 0 Å². The van der Waals surface area contributed by atoms with Crippen LogP contribution in [0.2, 0.25) is 0 Å². The number of nitrogens with zero attached hydrogens (tertiary/aromatic N) is 3. The summed E-state index contributed by atoms with van der Waals surface area (Å²) in [6.45, 7) is 7.52. The van der Waals surface area contributed by atoms with Crippen LogP contribution < -0.4 is 16.6 Å². The van der Waals surface area contributed by atoms with E-state index in [9.17, 15) is 0 Å². The predicted molar refractivity (Wildman–Crippen MR) is 78.0 cm³/mol. The summed E-state index contributed by atoms with van der Waals surface area (Å²) in [5.74, 6) is 7.57. The van der Waals surface area contributed by atoms with Gasteiger partial charge in [-0.2, -0.15) is 0 Å². The number of aromatic nitrogens is 2. The molecule has 6 heteroatoms. The van der Waals surface area contributed by atoms with Gasteiger partial charge in [0.1, 0.15) is 17.5 Å². The topological polar surface area (TPSA) is 79.1 Å². The van der Waals surface area contributed by atoms with Crippen LogP contribution in [-0.2, 0) is 0 Å². The molecule has 0 spiro atoms. The zero-order valence-electron chi connectivity index (χ0n) is 11.8. The number of piperidine rings is 1. The number of anilines is 2. The third kappa shape index (κ3) is 4.33. The fraction of sp³-hybridized carbons (Fsp3) is 0.692. The lowest BCUT2D eigenvalue weighted by atomic mass is 10.1. The maximum Gasteiger partial charge on any atom is 0.145 e. The summed E-state index contributed by atoms with van der Waals surface area (Å²) in [4.78, 5) is 11.1. The van der Waals surface area contributed by atoms with Crippen molar-refractivity contribution in [3.63, 3.8) is 0 Å². The van der Waals surface area contributed by atoms with Gasteiger partial charge in [-0.3, -0.25) is 0 Å². The SMILES string of the molecule is Cc1nc(NN)cc(NC(C)CN2CCCCC2)n1. The van der Waals surface area contributed by atoms with Crippen LogP contribution in [0.5, 0.6) is 0 Å². The van der Waals surface area contributed by atoms with Gasteiger partial charge >= 0.3 is 0 Å². The number of nitrogens with one attached hydrogen (secondary N) is 2. The van der Waals surface area contributed by atoms with E-state index in [-0.39, 0.29) is 0 Å². The van der Waals surface area contributed by atoms with Gasteiger partial charge in [0.2, 0.25) is 0 Å². The standard InChI is InChI=1S/C13H24N6/c1-10(9-19-6-4-3-5-7-19)15-12-8-13(18-14)17-11(2)16-12/h8,10H,3-7,9,14H2,1-2H3,(H2,15,16,17,18). The minimum Gasteiger partial charge on any atom is -0.366 e. The Bertz CT molecular complexity index is 402. The molecular formula is C13H24N6. The van der Waals surface area contributed by atoms with Gasteiger partial charge in [0.15, 0.2) is 0 Å². The second kappa shape index (κ2) is 6.68. The molecule has 1 unspecified atom stereocenters. The largest absolute Gasteiger partial charge is 0.366 e. The van der Waals surface area contributed by atoms with Crippen LogP contribution in [0.1, 0.15) is 32.0 Å². The first-order valence-corrected chi connectivity index (χ1v) is 6.98. The molecule has 1 saturated heterocycles. The van der Waals surface area contributed by atoms with Crippen molar-refractivity contribution >= 4 is 11.6 Å². The fourth-order valence-corrected chi connectivity index (χ4v) is 2.54. The molecule has 2 rings (SSSR count). The summed E-state index contributed by atoms with van der Waals surface area (Å²) in [6.07, 6.45) is 4.01. The molecule has 1 atom stereocenters. The molecule has 1 fully saturated rings. The Morgan fingerprint density at radius 1 is 1.26 bits per heavy atom. The van der Waals surface area contributed by atoms with E-state index >= 15 is 0 Å². The molecule has 1 aromatic heterocycles. The quantitative estimate of drug-likeness (QED) is 0.550. The minimum absolute atomic E-state index is 0.359. The molecule has 1 aliphatic heterocycles. The molecule has 0 bridgehead atoms. The van der Waals surface area contributed by atoms with E-state index in [1.54, 1.807) is 0 Å². The van der Waals surface area contributed by atoms with Gasteiger partial charge in [0.05, 0.1) is 0 Å². The Balaban J connectivity index is 1.90. The van der Waals surface area contributed by atoms with Crippen LogP contribution in [0.4, 0.5) is 11.6 Å². The molecule has 0 aromatic carbocycles. The molecule has 0 amide bonds. The van der Waals surface area contributed by atoms with Gasteiger partial charge < -0.3 is 15.6 Å². The lowest BCUT2D eigenvalue weighted by Crippen LogP contribution is -2.38. The molecule has 0 aliphatic carbocycles. The van der Waals surface area contributed by atoms with Crippen LogP contribution in [0.15, 0.2) is 6.07 Å². The highest BCUT2D eigenvalue weighted by Gasteiger charge is 2.13. The highest BCUT2D eigenvalue weighted by molar-refractivity contribution is 5.47. The average molecular weight is 264 g/mol. The Morgan fingerprint density at radius 2 is 1.95 bits per heavy atom. The van der Waals surface area contributed by atoms with Gasteiger partial charge in [0, 0.05) is 18.7 Å². The second-order valence-corrected chi connectivity index (χ2v) is 5.24. The fourth-order valence-electron chi connectivity index (χ4n) is 2.54. The van der Waals surface area contributed by atoms with Crippen LogP contribution in [0.3, 0.4) is 0 Å². The van der Waals surface area contributed by atoms with E-state index in [2.05, 4.69) is 32.5 Å². The Kier molecular flexibility index (Phi) is 4.93. The zero-order valence-corrected chi connectivity index (χ0v) is 11.8. The number of likely N-dealkylation sites (tertiary alicyclic amines) is 1. The molecule has 106 valence electrons. The van der Waals surface area contributed by atoms with Crippen molar-refractivity contribution in [3.05, 3.63) is 11.9 Å². The summed E-state index contributed by atoms with van der Waals surface area (Å²) in [7, 11) is 0. The van der Waals surface area contributed by atoms with Gasteiger partial charge in [-0.25, -0.2) is 15.8 Å². The Labute approximate surface area is 114 Å². The van der Waals surface area contributed by atoms with Gasteiger partial charge in [-0.05, 0) is 39.8 Å². The van der Waals surface area contributed by atoms with Crippen LogP contribution >= 0.6 is 0 Å². The van der Waals surface area contributed by atoms with E-state index in [0.29, 0.717) is 17.7 Å². The molecule has 0 saturated carbocycles. The van der Waals surface area contributed by atoms with E-state index in [1.807, 2.05) is 13.0 Å². The third-order valence-electron chi connectivity index (χ3n) is 3.36. The summed E-state index contributed by atoms with van der Waals surface area (Å²) < 4.78 is 0. The minimum atomic E-state index is 0.359. The highest BCUT2D eigenvalue weighted by atomic mass is 15.3. The van der Waals surface area contributed by atoms with E-state index in [0.717, 1.165) is 12.4 Å². The molecular weight excluding hydrogens is 240 g/mol. The van der Waals surface area contributed by atoms with Gasteiger partial charge in [-0.15, -0.1) is 0 Å². The number of rotatable bonds is 5. The number of nitrogens with two attached hydrogens (primary N) is 1. The first-order valence-electron chi connectivity index (χ1n) is 6.98. The second-order valence-electron chi connectivity index (χ2n) is 5.24. The smallest absolute Gasteiger partial charge is 0.145 e. The van der Waals surface area contributed by atoms with Crippen molar-refractivity contribution in [2.24, 2.45) is 5.84 Å². The first-order chi connectivity index (χ1) is 9.17. The van der Waals surface area contributed by atoms with Crippen LogP contribution in [-0.4, -0.2) is 40.5 Å². The first kappa shape index (κ1) is 14.0. The lowest BCUT2D eigenvalue weighted by Gasteiger charge is -2.29. The van der Waals surface area contributed by atoms with Crippen molar-refractivity contribution in [2.75, 3.05) is 30.4 Å². The van der Waals surface area contributed by atoms with Crippen LogP contribution in [0.25, 0.3) is 0 Å². The van der Waals surface area contributed by atoms with Crippen LogP contribution in [0, 0.1) is 6.92 Å². The van der Waals surface area contributed by atoms with E-state index in [4.69, 9.17) is 5.84 Å². The summed E-state index contributed by atoms with van der Waals surface area (Å²) in [5.41, 5.74) is 2.56. The van der Waals surface area contributed by atoms with E-state index < -0.39 is 0 Å². The van der Waals surface area contributed by atoms with Crippen molar-refractivity contribution in [1.82, 2.24) is 14.9 Å². The monoisotopic (exact) mass is 264 g/mol. The number of nitrogen functional groups attached to an aromatic ring is 1. The molecule has 1 aliphatic rings. The molecule has 19 heavy (non-hydrogen) atoms. The molecule has 6 nitrogen and oxygen atoms in total. The summed E-state index contributed by atoms with van der Waals surface area (Å²) >= 11 is 0. The zero-order chi connectivity index (χ0) is 13.7. The van der Waals surface area contributed by atoms with Gasteiger partial charge in [0.25, 0.3) is 0 Å². The maximum absolute atomic E-state index is 5.39. The van der Waals surface area contributed by atoms with Crippen molar-refractivity contribution in [3.8, 4) is 0 Å². The normalized spacial score (nSPS) is 18.1. The number of hydrazine groups is 1. The average Bonchev–Trinajstić information content (AvgIpc) is 2.38. The predicted octanol–water partition coefficient (Wildman–Crippen LogP) is 1.36. The number of hydrogen-bond donors (Lipinski definition) is 3. The molecule has 4 N–H and O–H groups in total. The highest BCUT2D eigenvalue weighted by Crippen LogP contribution is 2.13. The van der Waals surface area contributed by atoms with Crippen molar-refractivity contribution < 1.29 is 0 Å². The van der Waals surface area contributed by atoms with Gasteiger partial charge in [-0.1, -0.05) is 6.42 Å². The summed E-state index contributed by atoms with van der Waals surface area (Å²) in [6, 6.07) is 2.19. The molecule has 0 radical (unpaired) electrons. The lowest BCUT2D eigenvalue weighted by molar-refractivity contribution is 0.223. The Morgan fingerprint density at radius 3 is 2.63 bits per heavy atom.